The number of rotatable bonds is 13. The van der Waals surface area contributed by atoms with E-state index in [0.29, 0.717) is 5.75 Å². The Morgan fingerprint density at radius 3 is 2.17 bits per heavy atom. The number of ether oxygens (including phenoxy) is 1. The predicted molar refractivity (Wildman–Crippen MR) is 113 cm³/mol. The standard InChI is InChI=1S/C23H32O5S.K/c1-2-3-4-5-6-7-8-9-10-12-19-15-16-20(24)17-23(19)28-21-13-11-14-22(18-21)29(25,26)27;/h11,13-18,24H,2-10,12H2,1H3,(H,25,26,27);/q;+1/p-1. The van der Waals surface area contributed by atoms with Crippen LogP contribution in [0.2, 0.25) is 0 Å². The smallest absolute Gasteiger partial charge is 0.872 e. The van der Waals surface area contributed by atoms with E-state index in [1.54, 1.807) is 12.1 Å². The maximum Gasteiger partial charge on any atom is 1.00 e. The Balaban J connectivity index is 0.00000450. The van der Waals surface area contributed by atoms with Crippen molar-refractivity contribution < 1.29 is 74.2 Å². The average Bonchev–Trinajstić information content (AvgIpc) is 2.68. The SMILES string of the molecule is CCCCCCCCCCCc1ccc([O-])cc1Oc1cccc(S(=O)(=O)O)c1.[K+]. The van der Waals surface area contributed by atoms with Crippen LogP contribution >= 0.6 is 0 Å². The van der Waals surface area contributed by atoms with Gasteiger partial charge in [0.1, 0.15) is 11.5 Å². The monoisotopic (exact) mass is 458 g/mol. The van der Waals surface area contributed by atoms with Gasteiger partial charge in [0.2, 0.25) is 0 Å². The zero-order valence-corrected chi connectivity index (χ0v) is 22.0. The van der Waals surface area contributed by atoms with Crippen LogP contribution < -0.4 is 61.2 Å². The first-order chi connectivity index (χ1) is 13.9. The Morgan fingerprint density at radius 2 is 1.53 bits per heavy atom. The molecular formula is C23H31KO5S. The molecule has 1 N–H and O–H groups in total. The second kappa shape index (κ2) is 14.6. The molecule has 2 aromatic carbocycles. The summed E-state index contributed by atoms with van der Waals surface area (Å²) in [6.07, 6.45) is 11.9. The molecule has 5 nitrogen and oxygen atoms in total. The molecule has 7 heteroatoms. The number of unbranched alkanes of at least 4 members (excludes halogenated alkanes) is 8. The largest absolute Gasteiger partial charge is 1.00 e. The third-order valence-corrected chi connectivity index (χ3v) is 5.77. The zero-order chi connectivity index (χ0) is 21.1. The van der Waals surface area contributed by atoms with E-state index in [2.05, 4.69) is 6.92 Å². The average molecular weight is 459 g/mol. The fourth-order valence-corrected chi connectivity index (χ4v) is 3.80. The zero-order valence-electron chi connectivity index (χ0n) is 18.1. The van der Waals surface area contributed by atoms with E-state index in [1.807, 2.05) is 0 Å². The Labute approximate surface area is 223 Å². The first-order valence-electron chi connectivity index (χ1n) is 10.5. The minimum Gasteiger partial charge on any atom is -0.872 e. The predicted octanol–water partition coefficient (Wildman–Crippen LogP) is 2.88. The molecule has 160 valence electrons. The Hall–Kier alpha value is -0.414. The van der Waals surface area contributed by atoms with Crippen LogP contribution in [0, 0.1) is 0 Å². The van der Waals surface area contributed by atoms with Gasteiger partial charge in [-0.25, -0.2) is 0 Å². The fourth-order valence-electron chi connectivity index (χ4n) is 3.29. The number of hydrogen-bond donors (Lipinski definition) is 1. The molecule has 0 aliphatic rings. The molecular weight excluding hydrogens is 427 g/mol. The Morgan fingerprint density at radius 1 is 0.900 bits per heavy atom. The van der Waals surface area contributed by atoms with Crippen LogP contribution in [0.15, 0.2) is 47.4 Å². The first kappa shape index (κ1) is 27.6. The molecule has 0 bridgehead atoms. The molecule has 0 saturated carbocycles. The molecule has 0 radical (unpaired) electrons. The van der Waals surface area contributed by atoms with Crippen molar-refractivity contribution in [3.8, 4) is 17.2 Å². The topological polar surface area (TPSA) is 86.7 Å². The number of benzene rings is 2. The number of aryl methyl sites for hydroxylation is 1. The molecule has 30 heavy (non-hydrogen) atoms. The summed E-state index contributed by atoms with van der Waals surface area (Å²) in [6, 6.07) is 10.3. The van der Waals surface area contributed by atoms with Crippen molar-refractivity contribution in [3.05, 3.63) is 48.0 Å². The number of hydrogen-bond acceptors (Lipinski definition) is 4. The van der Waals surface area contributed by atoms with E-state index in [4.69, 9.17) is 4.74 Å². The van der Waals surface area contributed by atoms with Gasteiger partial charge in [0.15, 0.2) is 0 Å². The van der Waals surface area contributed by atoms with Gasteiger partial charge in [-0.2, -0.15) is 8.42 Å². The van der Waals surface area contributed by atoms with Gasteiger partial charge < -0.3 is 9.84 Å². The summed E-state index contributed by atoms with van der Waals surface area (Å²) in [4.78, 5) is -0.242. The molecule has 2 rings (SSSR count). The van der Waals surface area contributed by atoms with Gasteiger partial charge in [0.25, 0.3) is 10.1 Å². The molecule has 0 fully saturated rings. The summed E-state index contributed by atoms with van der Waals surface area (Å²) < 4.78 is 37.6. The van der Waals surface area contributed by atoms with Crippen LogP contribution in [0.25, 0.3) is 0 Å². The summed E-state index contributed by atoms with van der Waals surface area (Å²) >= 11 is 0. The molecule has 0 aliphatic carbocycles. The quantitative estimate of drug-likeness (QED) is 0.283. The third-order valence-electron chi connectivity index (χ3n) is 4.92. The minimum absolute atomic E-state index is 0. The van der Waals surface area contributed by atoms with E-state index in [0.717, 1.165) is 24.8 Å². The van der Waals surface area contributed by atoms with Crippen molar-refractivity contribution in [3.63, 3.8) is 0 Å². The minimum atomic E-state index is -4.31. The van der Waals surface area contributed by atoms with Crippen LogP contribution in [0.5, 0.6) is 17.2 Å². The first-order valence-corrected chi connectivity index (χ1v) is 11.9. The van der Waals surface area contributed by atoms with Crippen molar-refractivity contribution >= 4 is 10.1 Å². The summed E-state index contributed by atoms with van der Waals surface area (Å²) in [6.45, 7) is 2.22. The van der Waals surface area contributed by atoms with Crippen molar-refractivity contribution in [2.75, 3.05) is 0 Å². The van der Waals surface area contributed by atoms with Gasteiger partial charge in [-0.15, -0.1) is 5.75 Å². The summed E-state index contributed by atoms with van der Waals surface area (Å²) in [5.41, 5.74) is 0.921. The molecule has 0 unspecified atom stereocenters. The molecule has 0 heterocycles. The van der Waals surface area contributed by atoms with E-state index in [9.17, 15) is 18.1 Å². The Bertz CT molecular complexity index is 868. The van der Waals surface area contributed by atoms with Gasteiger partial charge in [0, 0.05) is 6.07 Å². The van der Waals surface area contributed by atoms with E-state index < -0.39 is 10.1 Å². The maximum atomic E-state index is 11.8. The summed E-state index contributed by atoms with van der Waals surface area (Å²) in [5, 5.41) is 11.8. The Kier molecular flexibility index (Phi) is 13.5. The molecule has 0 aliphatic heterocycles. The molecule has 0 atom stereocenters. The van der Waals surface area contributed by atoms with Gasteiger partial charge >= 0.3 is 51.4 Å². The van der Waals surface area contributed by atoms with Gasteiger partial charge in [0.05, 0.1) is 4.90 Å². The maximum absolute atomic E-state index is 11.8. The van der Waals surface area contributed by atoms with Crippen LogP contribution in [0.4, 0.5) is 0 Å². The van der Waals surface area contributed by atoms with Gasteiger partial charge in [-0.1, -0.05) is 76.5 Å². The van der Waals surface area contributed by atoms with Gasteiger partial charge in [-0.05, 0) is 36.6 Å². The summed E-state index contributed by atoms with van der Waals surface area (Å²) in [5.74, 6) is 0.533. The normalized spacial score (nSPS) is 11.1. The molecule has 0 amide bonds. The van der Waals surface area contributed by atoms with E-state index in [1.165, 1.54) is 75.3 Å². The van der Waals surface area contributed by atoms with E-state index >= 15 is 0 Å². The molecule has 0 saturated heterocycles. The van der Waals surface area contributed by atoms with Crippen molar-refractivity contribution in [1.82, 2.24) is 0 Å². The fraction of sp³-hybridized carbons (Fsp3) is 0.478. The molecule has 2 aromatic rings. The second-order valence-corrected chi connectivity index (χ2v) is 8.82. The molecule has 0 aromatic heterocycles. The summed E-state index contributed by atoms with van der Waals surface area (Å²) in [7, 11) is -4.31. The van der Waals surface area contributed by atoms with Gasteiger partial charge in [-0.3, -0.25) is 4.55 Å². The third kappa shape index (κ3) is 10.3. The molecule has 0 spiro atoms. The van der Waals surface area contributed by atoms with Crippen LogP contribution in [-0.4, -0.2) is 13.0 Å². The van der Waals surface area contributed by atoms with Crippen LogP contribution in [0.1, 0.15) is 70.3 Å². The van der Waals surface area contributed by atoms with Crippen LogP contribution in [-0.2, 0) is 16.5 Å². The van der Waals surface area contributed by atoms with Crippen molar-refractivity contribution in [1.29, 1.82) is 0 Å². The second-order valence-electron chi connectivity index (χ2n) is 7.40. The van der Waals surface area contributed by atoms with Crippen molar-refractivity contribution in [2.24, 2.45) is 0 Å². The van der Waals surface area contributed by atoms with Crippen LogP contribution in [0.3, 0.4) is 0 Å². The van der Waals surface area contributed by atoms with Crippen molar-refractivity contribution in [2.45, 2.75) is 76.0 Å². The van der Waals surface area contributed by atoms with E-state index in [-0.39, 0.29) is 67.8 Å².